The van der Waals surface area contributed by atoms with Crippen LogP contribution in [0.15, 0.2) is 28.7 Å². The summed E-state index contributed by atoms with van der Waals surface area (Å²) in [6.07, 6.45) is 0.133. The highest BCUT2D eigenvalue weighted by molar-refractivity contribution is 9.10. The van der Waals surface area contributed by atoms with Crippen LogP contribution in [0.25, 0.3) is 0 Å². The molecule has 35 heavy (non-hydrogen) atoms. The van der Waals surface area contributed by atoms with Gasteiger partial charge in [0.2, 0.25) is 5.91 Å². The maximum Gasteiger partial charge on any atom is 0.414 e. The summed E-state index contributed by atoms with van der Waals surface area (Å²) in [6.45, 7) is 3.85. The van der Waals surface area contributed by atoms with Crippen LogP contribution in [0.4, 0.5) is 19.9 Å². The fourth-order valence-corrected chi connectivity index (χ4v) is 5.76. The monoisotopic (exact) mass is 570 g/mol. The Morgan fingerprint density at radius 3 is 2.74 bits per heavy atom. The Labute approximate surface area is 213 Å². The molecule has 2 aliphatic rings. The molecule has 1 aromatic carbocycles. The molecule has 0 unspecified atom stereocenters. The molecule has 13 heteroatoms. The predicted molar refractivity (Wildman–Crippen MR) is 130 cm³/mol. The lowest BCUT2D eigenvalue weighted by atomic mass is 10.1. The van der Waals surface area contributed by atoms with E-state index in [1.807, 2.05) is 0 Å². The number of anilines is 1. The van der Waals surface area contributed by atoms with Crippen molar-refractivity contribution in [3.63, 3.8) is 0 Å². The fourth-order valence-electron chi connectivity index (χ4n) is 4.04. The van der Waals surface area contributed by atoms with Crippen molar-refractivity contribution in [1.82, 2.24) is 10.2 Å². The van der Waals surface area contributed by atoms with Crippen LogP contribution in [-0.2, 0) is 16.1 Å². The van der Waals surface area contributed by atoms with Crippen LogP contribution in [-0.4, -0.2) is 60.2 Å². The van der Waals surface area contributed by atoms with Gasteiger partial charge in [-0.3, -0.25) is 24.7 Å². The van der Waals surface area contributed by atoms with Gasteiger partial charge in [0.25, 0.3) is 0 Å². The van der Waals surface area contributed by atoms with Crippen molar-refractivity contribution in [2.75, 3.05) is 31.1 Å². The van der Waals surface area contributed by atoms with Crippen LogP contribution in [0.5, 0.6) is 5.75 Å². The molecule has 0 saturated carbocycles. The summed E-state index contributed by atoms with van der Waals surface area (Å²) in [5, 5.41) is 13.7. The van der Waals surface area contributed by atoms with E-state index < -0.39 is 22.9 Å². The summed E-state index contributed by atoms with van der Waals surface area (Å²) in [7, 11) is 0. The summed E-state index contributed by atoms with van der Waals surface area (Å²) in [5.74, 6) is -0.674. The third-order valence-corrected chi connectivity index (χ3v) is 7.71. The first kappa shape index (κ1) is 25.3. The van der Waals surface area contributed by atoms with Crippen molar-refractivity contribution in [3.05, 3.63) is 49.5 Å². The summed E-state index contributed by atoms with van der Waals surface area (Å²) >= 11 is 4.39. The molecule has 2 fully saturated rings. The van der Waals surface area contributed by atoms with Crippen LogP contribution in [0, 0.1) is 15.9 Å². The molecule has 2 aliphatic heterocycles. The van der Waals surface area contributed by atoms with Gasteiger partial charge in [-0.05, 0) is 47.0 Å². The van der Waals surface area contributed by atoms with Crippen molar-refractivity contribution in [2.45, 2.75) is 38.5 Å². The molecule has 2 aromatic rings. The molecule has 1 N–H and O–H groups in total. The van der Waals surface area contributed by atoms with Crippen LogP contribution >= 0.6 is 27.3 Å². The van der Waals surface area contributed by atoms with Gasteiger partial charge in [-0.2, -0.15) is 0 Å². The van der Waals surface area contributed by atoms with Gasteiger partial charge in [-0.15, -0.1) is 0 Å². The number of ether oxygens (including phenoxy) is 2. The number of benzene rings is 1. The first-order valence-electron chi connectivity index (χ1n) is 11.0. The standard InChI is InChI=1S/C22H24BrFN4O6S/c1-13(29)25-10-16-11-27(22(30)34-16)14-2-3-20(19(24)8-14)33-15-4-6-26(7-5-15)12-17-9-18(23)21(35-17)28(31)32/h2-3,8-9,15-16H,4-7,10-12H2,1H3,(H,25,29)/t16-/m0/s1. The average Bonchev–Trinajstić information content (AvgIpc) is 3.37. The summed E-state index contributed by atoms with van der Waals surface area (Å²) in [6, 6.07) is 6.14. The number of carbonyl (C=O) groups is 2. The Morgan fingerprint density at radius 1 is 1.37 bits per heavy atom. The largest absolute Gasteiger partial charge is 0.487 e. The van der Waals surface area contributed by atoms with Gasteiger partial charge in [0.15, 0.2) is 11.6 Å². The number of cyclic esters (lactones) is 1. The van der Waals surface area contributed by atoms with Gasteiger partial charge in [-0.1, -0.05) is 11.3 Å². The molecule has 3 heterocycles. The Balaban J connectivity index is 1.29. The van der Waals surface area contributed by atoms with Crippen molar-refractivity contribution >= 4 is 50.0 Å². The van der Waals surface area contributed by atoms with E-state index >= 15 is 0 Å². The van der Waals surface area contributed by atoms with Crippen molar-refractivity contribution in [1.29, 1.82) is 0 Å². The topological polar surface area (TPSA) is 114 Å². The highest BCUT2D eigenvalue weighted by Gasteiger charge is 2.33. The maximum atomic E-state index is 14.8. The SMILES string of the molecule is CC(=O)NC[C@H]1CN(c2ccc(OC3CCN(Cc4cc(Br)c([N+](=O)[O-])s4)CC3)c(F)c2)C(=O)O1. The fraction of sp³-hybridized carbons (Fsp3) is 0.455. The minimum Gasteiger partial charge on any atom is -0.487 e. The van der Waals surface area contributed by atoms with Crippen molar-refractivity contribution < 1.29 is 28.4 Å². The number of nitrogens with zero attached hydrogens (tertiary/aromatic N) is 3. The molecule has 0 radical (unpaired) electrons. The van der Waals surface area contributed by atoms with Gasteiger partial charge < -0.3 is 14.8 Å². The van der Waals surface area contributed by atoms with Crippen LogP contribution in [0.3, 0.4) is 0 Å². The highest BCUT2D eigenvalue weighted by atomic mass is 79.9. The number of piperidine rings is 1. The first-order chi connectivity index (χ1) is 16.7. The number of amides is 2. The van der Waals surface area contributed by atoms with Gasteiger partial charge in [-0.25, -0.2) is 9.18 Å². The second kappa shape index (κ2) is 10.9. The highest BCUT2D eigenvalue weighted by Crippen LogP contribution is 2.35. The molecule has 188 valence electrons. The minimum absolute atomic E-state index is 0.0996. The zero-order valence-corrected chi connectivity index (χ0v) is 21.3. The molecule has 0 bridgehead atoms. The van der Waals surface area contributed by atoms with Gasteiger partial charge >= 0.3 is 11.1 Å². The number of thiophene rings is 1. The van der Waals surface area contributed by atoms with Gasteiger partial charge in [0.05, 0.1) is 23.7 Å². The van der Waals surface area contributed by atoms with E-state index in [-0.39, 0.29) is 35.9 Å². The molecule has 2 saturated heterocycles. The number of hydrogen-bond donors (Lipinski definition) is 1. The number of carbonyl (C=O) groups excluding carboxylic acids is 2. The summed E-state index contributed by atoms with van der Waals surface area (Å²) < 4.78 is 26.4. The molecular formula is C22H24BrFN4O6S. The molecule has 1 aromatic heterocycles. The minimum atomic E-state index is -0.594. The number of nitro groups is 1. The van der Waals surface area contributed by atoms with E-state index in [9.17, 15) is 24.1 Å². The maximum absolute atomic E-state index is 14.8. The van der Waals surface area contributed by atoms with Gasteiger partial charge in [0.1, 0.15) is 16.7 Å². The van der Waals surface area contributed by atoms with E-state index in [4.69, 9.17) is 9.47 Å². The molecular weight excluding hydrogens is 547 g/mol. The third-order valence-electron chi connectivity index (χ3n) is 5.77. The number of hydrogen-bond acceptors (Lipinski definition) is 8. The zero-order valence-electron chi connectivity index (χ0n) is 18.9. The molecule has 4 rings (SSSR count). The quantitative estimate of drug-likeness (QED) is 0.376. The average molecular weight is 571 g/mol. The Kier molecular flexibility index (Phi) is 7.87. The second-order valence-corrected chi connectivity index (χ2v) is 10.4. The Morgan fingerprint density at radius 2 is 2.11 bits per heavy atom. The molecule has 0 spiro atoms. The summed E-state index contributed by atoms with van der Waals surface area (Å²) in [4.78, 5) is 38.3. The van der Waals surface area contributed by atoms with Gasteiger partial charge in [0, 0.05) is 37.5 Å². The lowest BCUT2D eigenvalue weighted by Crippen LogP contribution is -2.37. The summed E-state index contributed by atoms with van der Waals surface area (Å²) in [5.41, 5.74) is 0.358. The van der Waals surface area contributed by atoms with E-state index in [1.54, 1.807) is 12.1 Å². The number of halogens is 2. The molecule has 2 amide bonds. The second-order valence-electron chi connectivity index (χ2n) is 8.38. The Bertz CT molecular complexity index is 1120. The lowest BCUT2D eigenvalue weighted by molar-refractivity contribution is -0.380. The van der Waals surface area contributed by atoms with E-state index in [1.165, 1.54) is 24.0 Å². The number of nitrogens with one attached hydrogen (secondary N) is 1. The van der Waals surface area contributed by atoms with Crippen LogP contribution in [0.2, 0.25) is 0 Å². The smallest absolute Gasteiger partial charge is 0.414 e. The zero-order chi connectivity index (χ0) is 25.1. The van der Waals surface area contributed by atoms with E-state index in [2.05, 4.69) is 26.1 Å². The molecule has 10 nitrogen and oxygen atoms in total. The lowest BCUT2D eigenvalue weighted by Gasteiger charge is -2.31. The van der Waals surface area contributed by atoms with Crippen LogP contribution < -0.4 is 15.0 Å². The number of likely N-dealkylation sites (tertiary alicyclic amines) is 1. The van der Waals surface area contributed by atoms with Crippen LogP contribution in [0.1, 0.15) is 24.6 Å². The Hall–Kier alpha value is -2.77. The normalized spacial score (nSPS) is 19.0. The molecule has 1 atom stereocenters. The number of rotatable bonds is 8. The molecule has 0 aliphatic carbocycles. The third kappa shape index (κ3) is 6.27. The predicted octanol–water partition coefficient (Wildman–Crippen LogP) is 4.06. The van der Waals surface area contributed by atoms with Crippen molar-refractivity contribution in [2.24, 2.45) is 0 Å². The van der Waals surface area contributed by atoms with E-state index in [0.29, 0.717) is 29.5 Å². The first-order valence-corrected chi connectivity index (χ1v) is 12.6. The van der Waals surface area contributed by atoms with Crippen molar-refractivity contribution in [3.8, 4) is 5.75 Å². The van der Waals surface area contributed by atoms with E-state index in [0.717, 1.165) is 29.3 Å².